The van der Waals surface area contributed by atoms with Gasteiger partial charge in [0.05, 0.1) is 0 Å². The van der Waals surface area contributed by atoms with E-state index in [1.54, 1.807) is 0 Å². The Balaban J connectivity index is 2.31. The molecule has 0 aromatic carbocycles. The van der Waals surface area contributed by atoms with Gasteiger partial charge in [-0.25, -0.2) is 0 Å². The first-order chi connectivity index (χ1) is 6.81. The molecule has 0 aromatic heterocycles. The smallest absolute Gasteiger partial charge is 0.0113 e. The van der Waals surface area contributed by atoms with E-state index in [0.717, 1.165) is 6.04 Å². The predicted octanol–water partition coefficient (Wildman–Crippen LogP) is 2.20. The monoisotopic (exact) mass is 198 g/mol. The van der Waals surface area contributed by atoms with Crippen molar-refractivity contribution < 1.29 is 0 Å². The Hall–Kier alpha value is -0.0800. The van der Waals surface area contributed by atoms with Crippen LogP contribution in [0.2, 0.25) is 0 Å². The quantitative estimate of drug-likeness (QED) is 0.668. The van der Waals surface area contributed by atoms with Crippen LogP contribution in [0.5, 0.6) is 0 Å². The lowest BCUT2D eigenvalue weighted by molar-refractivity contribution is 0.0929. The van der Waals surface area contributed by atoms with Gasteiger partial charge in [0.15, 0.2) is 0 Å². The lowest BCUT2D eigenvalue weighted by Crippen LogP contribution is -2.49. The van der Waals surface area contributed by atoms with Gasteiger partial charge in [0.25, 0.3) is 0 Å². The average Bonchev–Trinajstić information content (AvgIpc) is 2.26. The van der Waals surface area contributed by atoms with Crippen LogP contribution in [0.1, 0.15) is 40.0 Å². The van der Waals surface area contributed by atoms with E-state index in [1.165, 1.54) is 52.0 Å². The second-order valence-electron chi connectivity index (χ2n) is 4.32. The number of piperazine rings is 1. The molecular weight excluding hydrogens is 172 g/mol. The molecule has 0 aliphatic carbocycles. The Bertz CT molecular complexity index is 139. The molecular formula is C12H26N2. The highest BCUT2D eigenvalue weighted by Gasteiger charge is 2.20. The minimum Gasteiger partial charge on any atom is -0.301 e. The summed E-state index contributed by atoms with van der Waals surface area (Å²) in [5.74, 6) is 0. The fourth-order valence-electron chi connectivity index (χ4n) is 2.42. The van der Waals surface area contributed by atoms with E-state index in [2.05, 4.69) is 30.6 Å². The van der Waals surface area contributed by atoms with Crippen LogP contribution in [-0.2, 0) is 0 Å². The molecule has 1 unspecified atom stereocenters. The van der Waals surface area contributed by atoms with Crippen molar-refractivity contribution in [2.45, 2.75) is 46.1 Å². The summed E-state index contributed by atoms with van der Waals surface area (Å²) in [7, 11) is 0. The molecule has 1 aliphatic heterocycles. The minimum atomic E-state index is 0.846. The van der Waals surface area contributed by atoms with E-state index in [0.29, 0.717) is 0 Å². The molecule has 0 bridgehead atoms. The third-order valence-corrected chi connectivity index (χ3v) is 3.46. The molecule has 1 heterocycles. The van der Waals surface area contributed by atoms with Crippen molar-refractivity contribution in [2.75, 3.05) is 32.7 Å². The van der Waals surface area contributed by atoms with Crippen LogP contribution in [0.4, 0.5) is 0 Å². The SMILES string of the molecule is CCCC(CC)N1CCN(CC)CC1. The molecule has 0 amide bonds. The van der Waals surface area contributed by atoms with Crippen molar-refractivity contribution >= 4 is 0 Å². The Labute approximate surface area is 89.3 Å². The van der Waals surface area contributed by atoms with Gasteiger partial charge in [-0.15, -0.1) is 0 Å². The highest BCUT2D eigenvalue weighted by Crippen LogP contribution is 2.13. The van der Waals surface area contributed by atoms with Crippen LogP contribution in [0.15, 0.2) is 0 Å². The molecule has 0 saturated carbocycles. The lowest BCUT2D eigenvalue weighted by atomic mass is 10.1. The zero-order valence-corrected chi connectivity index (χ0v) is 10.1. The Morgan fingerprint density at radius 1 is 1.00 bits per heavy atom. The Morgan fingerprint density at radius 2 is 1.64 bits per heavy atom. The summed E-state index contributed by atoms with van der Waals surface area (Å²) in [5, 5.41) is 0. The molecule has 84 valence electrons. The first-order valence-corrected chi connectivity index (χ1v) is 6.28. The van der Waals surface area contributed by atoms with Crippen LogP contribution in [-0.4, -0.2) is 48.6 Å². The second kappa shape index (κ2) is 6.41. The molecule has 2 heteroatoms. The third kappa shape index (κ3) is 3.25. The molecule has 1 aliphatic rings. The number of hydrogen-bond donors (Lipinski definition) is 0. The molecule has 14 heavy (non-hydrogen) atoms. The van der Waals surface area contributed by atoms with E-state index >= 15 is 0 Å². The van der Waals surface area contributed by atoms with Crippen LogP contribution < -0.4 is 0 Å². The predicted molar refractivity (Wildman–Crippen MR) is 62.7 cm³/mol. The van der Waals surface area contributed by atoms with Crippen molar-refractivity contribution in [3.63, 3.8) is 0 Å². The van der Waals surface area contributed by atoms with Crippen molar-refractivity contribution in [3.05, 3.63) is 0 Å². The largest absolute Gasteiger partial charge is 0.301 e. The summed E-state index contributed by atoms with van der Waals surface area (Å²) in [4.78, 5) is 5.24. The van der Waals surface area contributed by atoms with Gasteiger partial charge in [0, 0.05) is 32.2 Å². The van der Waals surface area contributed by atoms with E-state index in [4.69, 9.17) is 0 Å². The standard InChI is InChI=1S/C12H26N2/c1-4-7-12(5-2)14-10-8-13(6-3)9-11-14/h12H,4-11H2,1-3H3. The molecule has 0 spiro atoms. The maximum Gasteiger partial charge on any atom is 0.0113 e. The number of hydrogen-bond acceptors (Lipinski definition) is 2. The number of likely N-dealkylation sites (N-methyl/N-ethyl adjacent to an activating group) is 1. The van der Waals surface area contributed by atoms with E-state index < -0.39 is 0 Å². The van der Waals surface area contributed by atoms with Crippen molar-refractivity contribution in [1.82, 2.24) is 9.80 Å². The van der Waals surface area contributed by atoms with Gasteiger partial charge in [-0.3, -0.25) is 4.90 Å². The molecule has 1 atom stereocenters. The number of nitrogens with zero attached hydrogens (tertiary/aromatic N) is 2. The molecule has 0 aromatic rings. The van der Waals surface area contributed by atoms with Gasteiger partial charge in [-0.2, -0.15) is 0 Å². The Morgan fingerprint density at radius 3 is 2.07 bits per heavy atom. The summed E-state index contributed by atoms with van der Waals surface area (Å²) >= 11 is 0. The maximum atomic E-state index is 2.69. The summed E-state index contributed by atoms with van der Waals surface area (Å²) in [5.41, 5.74) is 0. The van der Waals surface area contributed by atoms with E-state index in [-0.39, 0.29) is 0 Å². The van der Waals surface area contributed by atoms with Gasteiger partial charge in [0.2, 0.25) is 0 Å². The highest BCUT2D eigenvalue weighted by molar-refractivity contribution is 4.77. The van der Waals surface area contributed by atoms with E-state index in [9.17, 15) is 0 Å². The van der Waals surface area contributed by atoms with Gasteiger partial charge < -0.3 is 4.90 Å². The van der Waals surface area contributed by atoms with Gasteiger partial charge in [0.1, 0.15) is 0 Å². The second-order valence-corrected chi connectivity index (χ2v) is 4.32. The van der Waals surface area contributed by atoms with Gasteiger partial charge >= 0.3 is 0 Å². The summed E-state index contributed by atoms with van der Waals surface area (Å²) in [6.45, 7) is 13.2. The van der Waals surface area contributed by atoms with Crippen LogP contribution >= 0.6 is 0 Å². The zero-order chi connectivity index (χ0) is 10.4. The van der Waals surface area contributed by atoms with Crippen molar-refractivity contribution in [3.8, 4) is 0 Å². The minimum absolute atomic E-state index is 0.846. The molecule has 1 saturated heterocycles. The Kier molecular flexibility index (Phi) is 5.49. The maximum absolute atomic E-state index is 2.69. The molecule has 1 fully saturated rings. The summed E-state index contributed by atoms with van der Waals surface area (Å²) in [6.07, 6.45) is 4.02. The highest BCUT2D eigenvalue weighted by atomic mass is 15.3. The van der Waals surface area contributed by atoms with Crippen LogP contribution in [0, 0.1) is 0 Å². The third-order valence-electron chi connectivity index (χ3n) is 3.46. The van der Waals surface area contributed by atoms with Gasteiger partial charge in [-0.05, 0) is 19.4 Å². The van der Waals surface area contributed by atoms with Gasteiger partial charge in [-0.1, -0.05) is 27.2 Å². The molecule has 0 radical (unpaired) electrons. The zero-order valence-electron chi connectivity index (χ0n) is 10.1. The topological polar surface area (TPSA) is 6.48 Å². The average molecular weight is 198 g/mol. The fourth-order valence-corrected chi connectivity index (χ4v) is 2.42. The van der Waals surface area contributed by atoms with Crippen molar-refractivity contribution in [2.24, 2.45) is 0 Å². The molecule has 2 nitrogen and oxygen atoms in total. The van der Waals surface area contributed by atoms with E-state index in [1.807, 2.05) is 0 Å². The lowest BCUT2D eigenvalue weighted by Gasteiger charge is -2.38. The number of rotatable bonds is 5. The summed E-state index contributed by atoms with van der Waals surface area (Å²) < 4.78 is 0. The summed E-state index contributed by atoms with van der Waals surface area (Å²) in [6, 6.07) is 0.846. The van der Waals surface area contributed by atoms with Crippen LogP contribution in [0.25, 0.3) is 0 Å². The van der Waals surface area contributed by atoms with Crippen molar-refractivity contribution in [1.29, 1.82) is 0 Å². The molecule has 1 rings (SSSR count). The first-order valence-electron chi connectivity index (χ1n) is 6.28. The normalized spacial score (nSPS) is 22.5. The fraction of sp³-hybridized carbons (Fsp3) is 1.00. The molecule has 0 N–H and O–H groups in total. The van der Waals surface area contributed by atoms with Crippen LogP contribution in [0.3, 0.4) is 0 Å². The first kappa shape index (κ1) is 12.0.